The first-order chi connectivity index (χ1) is 15.6. The number of aliphatic hydroxyl groups is 1. The molecule has 3 aromatic heterocycles. The number of aryl methyl sites for hydroxylation is 1. The topological polar surface area (TPSA) is 87.8 Å². The largest absolute Gasteiger partial charge is 0.489 e. The summed E-state index contributed by atoms with van der Waals surface area (Å²) in [5.41, 5.74) is 3.05. The maximum absolute atomic E-state index is 9.56. The molecule has 0 aromatic carbocycles. The molecule has 172 valence electrons. The van der Waals surface area contributed by atoms with Gasteiger partial charge in [0.15, 0.2) is 5.65 Å². The smallest absolute Gasteiger partial charge is 0.162 e. The lowest BCUT2D eigenvalue weighted by atomic mass is 9.99. The summed E-state index contributed by atoms with van der Waals surface area (Å²) < 4.78 is 7.67. The molecular formula is C24H34N6O2. The molecule has 0 unspecified atom stereocenters. The van der Waals surface area contributed by atoms with Gasteiger partial charge in [-0.05, 0) is 57.6 Å². The molecule has 1 aliphatic rings. The molecule has 4 heterocycles. The van der Waals surface area contributed by atoms with Gasteiger partial charge in [0, 0.05) is 43.6 Å². The maximum atomic E-state index is 9.56. The van der Waals surface area contributed by atoms with Gasteiger partial charge in [-0.25, -0.2) is 4.98 Å². The number of hydrogen-bond acceptors (Lipinski definition) is 7. The van der Waals surface area contributed by atoms with Gasteiger partial charge in [0.05, 0.1) is 18.5 Å². The van der Waals surface area contributed by atoms with Crippen LogP contribution in [-0.4, -0.2) is 50.0 Å². The summed E-state index contributed by atoms with van der Waals surface area (Å²) >= 11 is 0. The molecule has 3 aromatic rings. The summed E-state index contributed by atoms with van der Waals surface area (Å²) in [4.78, 5) is 11.7. The van der Waals surface area contributed by atoms with Gasteiger partial charge in [-0.3, -0.25) is 4.98 Å². The summed E-state index contributed by atoms with van der Waals surface area (Å²) in [7, 11) is 0. The fraction of sp³-hybridized carbons (Fsp3) is 0.542. The molecule has 1 aliphatic heterocycles. The van der Waals surface area contributed by atoms with E-state index in [-0.39, 0.29) is 12.7 Å². The van der Waals surface area contributed by atoms with E-state index in [4.69, 9.17) is 9.72 Å². The van der Waals surface area contributed by atoms with Gasteiger partial charge in [0.2, 0.25) is 0 Å². The minimum Gasteiger partial charge on any atom is -0.489 e. The SMILES string of the molecule is CCc1cnn2c(NCc3cncc(OC(C)C)c3)cc(N3CCCC[C@H]3CCO)nc12. The third-order valence-electron chi connectivity index (χ3n) is 5.91. The summed E-state index contributed by atoms with van der Waals surface area (Å²) in [6, 6.07) is 4.41. The summed E-state index contributed by atoms with van der Waals surface area (Å²) in [5.74, 6) is 2.61. The molecule has 0 amide bonds. The normalized spacial score (nSPS) is 16.7. The summed E-state index contributed by atoms with van der Waals surface area (Å²) in [6.07, 6.45) is 10.7. The zero-order chi connectivity index (χ0) is 22.5. The van der Waals surface area contributed by atoms with Crippen molar-refractivity contribution in [1.82, 2.24) is 19.6 Å². The zero-order valence-electron chi connectivity index (χ0n) is 19.3. The van der Waals surface area contributed by atoms with Crippen LogP contribution in [0.1, 0.15) is 57.6 Å². The Hall–Kier alpha value is -2.87. The lowest BCUT2D eigenvalue weighted by molar-refractivity contribution is 0.241. The lowest BCUT2D eigenvalue weighted by Crippen LogP contribution is -2.40. The number of aromatic nitrogens is 4. The highest BCUT2D eigenvalue weighted by Crippen LogP contribution is 2.29. The Labute approximate surface area is 189 Å². The fourth-order valence-electron chi connectivity index (χ4n) is 4.36. The van der Waals surface area contributed by atoms with Crippen molar-refractivity contribution in [3.63, 3.8) is 0 Å². The first-order valence-electron chi connectivity index (χ1n) is 11.7. The minimum absolute atomic E-state index is 0.107. The Balaban J connectivity index is 1.64. The number of nitrogens with zero attached hydrogens (tertiary/aromatic N) is 5. The quantitative estimate of drug-likeness (QED) is 0.525. The van der Waals surface area contributed by atoms with Crippen molar-refractivity contribution in [3.05, 3.63) is 41.9 Å². The third kappa shape index (κ3) is 4.96. The van der Waals surface area contributed by atoms with E-state index >= 15 is 0 Å². The highest BCUT2D eigenvalue weighted by Gasteiger charge is 2.24. The van der Waals surface area contributed by atoms with Gasteiger partial charge < -0.3 is 20.1 Å². The van der Waals surface area contributed by atoms with Crippen LogP contribution in [0.25, 0.3) is 5.65 Å². The van der Waals surface area contributed by atoms with Crippen LogP contribution in [0, 0.1) is 0 Å². The second-order valence-corrected chi connectivity index (χ2v) is 8.66. The summed E-state index contributed by atoms with van der Waals surface area (Å²) in [6.45, 7) is 7.90. The van der Waals surface area contributed by atoms with Crippen molar-refractivity contribution in [3.8, 4) is 5.75 Å². The Morgan fingerprint density at radius 3 is 2.88 bits per heavy atom. The lowest BCUT2D eigenvalue weighted by Gasteiger charge is -2.36. The number of fused-ring (bicyclic) bond motifs is 1. The van der Waals surface area contributed by atoms with Crippen molar-refractivity contribution in [2.45, 2.75) is 71.6 Å². The highest BCUT2D eigenvalue weighted by atomic mass is 16.5. The van der Waals surface area contributed by atoms with Gasteiger partial charge in [-0.15, -0.1) is 0 Å². The minimum atomic E-state index is 0.107. The van der Waals surface area contributed by atoms with Gasteiger partial charge >= 0.3 is 0 Å². The number of ether oxygens (including phenoxy) is 1. The first kappa shape index (κ1) is 22.3. The maximum Gasteiger partial charge on any atom is 0.162 e. The zero-order valence-corrected chi connectivity index (χ0v) is 19.3. The van der Waals surface area contributed by atoms with E-state index in [2.05, 4.69) is 33.3 Å². The van der Waals surface area contributed by atoms with Crippen LogP contribution in [0.2, 0.25) is 0 Å². The van der Waals surface area contributed by atoms with E-state index in [1.165, 1.54) is 6.42 Å². The molecule has 0 aliphatic carbocycles. The van der Waals surface area contributed by atoms with E-state index in [1.54, 1.807) is 6.20 Å². The van der Waals surface area contributed by atoms with Crippen LogP contribution < -0.4 is 15.0 Å². The molecule has 1 atom stereocenters. The number of aliphatic hydroxyl groups excluding tert-OH is 1. The Kier molecular flexibility index (Phi) is 7.09. The molecule has 0 bridgehead atoms. The van der Waals surface area contributed by atoms with Gasteiger partial charge in [-0.2, -0.15) is 9.61 Å². The van der Waals surface area contributed by atoms with Crippen LogP contribution in [0.3, 0.4) is 0 Å². The van der Waals surface area contributed by atoms with E-state index in [0.717, 1.165) is 66.4 Å². The first-order valence-corrected chi connectivity index (χ1v) is 11.7. The van der Waals surface area contributed by atoms with Crippen molar-refractivity contribution < 1.29 is 9.84 Å². The number of nitrogens with one attached hydrogen (secondary N) is 1. The third-order valence-corrected chi connectivity index (χ3v) is 5.91. The Morgan fingerprint density at radius 2 is 2.09 bits per heavy atom. The summed E-state index contributed by atoms with van der Waals surface area (Å²) in [5, 5.41) is 17.7. The number of pyridine rings is 1. The second kappa shape index (κ2) is 10.2. The van der Waals surface area contributed by atoms with Crippen LogP contribution in [0.15, 0.2) is 30.7 Å². The molecule has 8 heteroatoms. The molecule has 4 rings (SSSR count). The predicted molar refractivity (Wildman–Crippen MR) is 126 cm³/mol. The Morgan fingerprint density at radius 1 is 1.22 bits per heavy atom. The van der Waals surface area contributed by atoms with Crippen molar-refractivity contribution in [2.75, 3.05) is 23.4 Å². The van der Waals surface area contributed by atoms with E-state index in [9.17, 15) is 5.11 Å². The average Bonchev–Trinajstić information content (AvgIpc) is 3.21. The van der Waals surface area contributed by atoms with Crippen LogP contribution >= 0.6 is 0 Å². The molecule has 1 saturated heterocycles. The Bertz CT molecular complexity index is 1030. The molecule has 2 N–H and O–H groups in total. The number of piperidine rings is 1. The molecular weight excluding hydrogens is 404 g/mol. The van der Waals surface area contributed by atoms with Crippen molar-refractivity contribution in [2.24, 2.45) is 0 Å². The van der Waals surface area contributed by atoms with E-state index in [1.807, 2.05) is 36.8 Å². The number of rotatable bonds is 9. The molecule has 0 saturated carbocycles. The van der Waals surface area contributed by atoms with Gasteiger partial charge in [-0.1, -0.05) is 6.92 Å². The molecule has 1 fully saturated rings. The van der Waals surface area contributed by atoms with Crippen LogP contribution in [0.5, 0.6) is 5.75 Å². The van der Waals surface area contributed by atoms with Crippen molar-refractivity contribution in [1.29, 1.82) is 0 Å². The average molecular weight is 439 g/mol. The standard InChI is InChI=1S/C24H34N6O2/c1-4-19-15-27-30-22(26-14-18-11-21(16-25-13-18)32-17(2)3)12-23(28-24(19)30)29-9-6-5-7-20(29)8-10-31/h11-13,15-17,20,26,31H,4-10,14H2,1-3H3/t20-/m0/s1. The van der Waals surface area contributed by atoms with Gasteiger partial charge in [0.25, 0.3) is 0 Å². The molecule has 0 radical (unpaired) electrons. The van der Waals surface area contributed by atoms with Gasteiger partial charge in [0.1, 0.15) is 17.4 Å². The fourth-order valence-corrected chi connectivity index (χ4v) is 4.36. The second-order valence-electron chi connectivity index (χ2n) is 8.66. The van der Waals surface area contributed by atoms with E-state index in [0.29, 0.717) is 12.6 Å². The predicted octanol–water partition coefficient (Wildman–Crippen LogP) is 3.83. The number of hydrogen-bond donors (Lipinski definition) is 2. The van der Waals surface area contributed by atoms with Crippen LogP contribution in [0.4, 0.5) is 11.6 Å². The molecule has 8 nitrogen and oxygen atoms in total. The monoisotopic (exact) mass is 438 g/mol. The highest BCUT2D eigenvalue weighted by molar-refractivity contribution is 5.61. The molecule has 32 heavy (non-hydrogen) atoms. The number of anilines is 2. The molecule has 0 spiro atoms. The van der Waals surface area contributed by atoms with Crippen molar-refractivity contribution >= 4 is 17.3 Å². The van der Waals surface area contributed by atoms with E-state index < -0.39 is 0 Å². The van der Waals surface area contributed by atoms with Crippen LogP contribution in [-0.2, 0) is 13.0 Å².